The summed E-state index contributed by atoms with van der Waals surface area (Å²) in [6.07, 6.45) is 1.45. The van der Waals surface area contributed by atoms with Gasteiger partial charge in [0.05, 0.1) is 18.2 Å². The molecule has 0 radical (unpaired) electrons. The Balaban J connectivity index is 0.00000385. The third-order valence-electron chi connectivity index (χ3n) is 5.16. The number of esters is 1. The molecule has 182 valence electrons. The summed E-state index contributed by atoms with van der Waals surface area (Å²) in [4.78, 5) is 39.4. The Labute approximate surface area is 193 Å². The van der Waals surface area contributed by atoms with Gasteiger partial charge < -0.3 is 24.6 Å². The zero-order valence-corrected chi connectivity index (χ0v) is 20.4. The van der Waals surface area contributed by atoms with Crippen LogP contribution in [0.15, 0.2) is 24.4 Å². The normalized spacial score (nSPS) is 16.3. The number of likely N-dealkylation sites (tertiary alicyclic amines) is 1. The van der Waals surface area contributed by atoms with Crippen molar-refractivity contribution in [3.05, 3.63) is 35.5 Å². The van der Waals surface area contributed by atoms with E-state index in [1.807, 2.05) is 26.8 Å². The van der Waals surface area contributed by atoms with Crippen LogP contribution in [-0.4, -0.2) is 64.5 Å². The maximum absolute atomic E-state index is 12.8. The standard InChI is InChI=1S/C24H32N2O6.H2O/c1-23(2,3)31-21(28)25-12-10-15(14-25)16-8-9-18(20(27)30-7)19-17(16)11-13-26(19)22(29)32-24(4,5)6;/h8-9,11,13,15H,10,12,14H2,1-7H3;1H2. The average Bonchev–Trinajstić information content (AvgIpc) is 3.31. The number of fused-ring (bicyclic) bond motifs is 1. The van der Waals surface area contributed by atoms with Crippen LogP contribution in [0.5, 0.6) is 0 Å². The predicted molar refractivity (Wildman–Crippen MR) is 124 cm³/mol. The molecular weight excluding hydrogens is 428 g/mol. The first kappa shape index (κ1) is 26.2. The van der Waals surface area contributed by atoms with Crippen LogP contribution in [0.2, 0.25) is 0 Å². The topological polar surface area (TPSA) is 119 Å². The second-order valence-corrected chi connectivity index (χ2v) is 10.0. The van der Waals surface area contributed by atoms with Gasteiger partial charge in [-0.2, -0.15) is 0 Å². The summed E-state index contributed by atoms with van der Waals surface area (Å²) in [5, 5.41) is 0.759. The Bertz CT molecular complexity index is 1040. The van der Waals surface area contributed by atoms with Gasteiger partial charge in [-0.25, -0.2) is 14.4 Å². The van der Waals surface area contributed by atoms with Gasteiger partial charge in [-0.05, 0) is 65.7 Å². The van der Waals surface area contributed by atoms with Gasteiger partial charge in [0, 0.05) is 30.6 Å². The molecule has 0 saturated carbocycles. The van der Waals surface area contributed by atoms with E-state index >= 15 is 0 Å². The molecule has 1 unspecified atom stereocenters. The van der Waals surface area contributed by atoms with E-state index < -0.39 is 23.3 Å². The number of benzene rings is 1. The molecule has 0 spiro atoms. The summed E-state index contributed by atoms with van der Waals surface area (Å²) >= 11 is 0. The molecule has 0 bridgehead atoms. The van der Waals surface area contributed by atoms with E-state index in [9.17, 15) is 14.4 Å². The predicted octanol–water partition coefficient (Wildman–Crippen LogP) is 4.11. The molecule has 1 aromatic carbocycles. The summed E-state index contributed by atoms with van der Waals surface area (Å²) in [6, 6.07) is 5.34. The molecule has 1 atom stereocenters. The van der Waals surface area contributed by atoms with Crippen LogP contribution in [0, 0.1) is 0 Å². The summed E-state index contributed by atoms with van der Waals surface area (Å²) in [5.41, 5.74) is 0.440. The van der Waals surface area contributed by atoms with E-state index in [-0.39, 0.29) is 23.1 Å². The van der Waals surface area contributed by atoms with Crippen LogP contribution < -0.4 is 0 Å². The Hall–Kier alpha value is -3.07. The number of carbonyl (C=O) groups excluding carboxylic acids is 3. The van der Waals surface area contributed by atoms with E-state index in [1.54, 1.807) is 44.0 Å². The van der Waals surface area contributed by atoms with Crippen molar-refractivity contribution in [2.75, 3.05) is 20.2 Å². The highest BCUT2D eigenvalue weighted by Crippen LogP contribution is 2.35. The average molecular weight is 463 g/mol. The second-order valence-electron chi connectivity index (χ2n) is 10.0. The largest absolute Gasteiger partial charge is 0.465 e. The highest BCUT2D eigenvalue weighted by molar-refractivity contribution is 6.07. The minimum Gasteiger partial charge on any atom is -0.465 e. The molecule has 9 heteroatoms. The van der Waals surface area contributed by atoms with Crippen molar-refractivity contribution in [1.82, 2.24) is 9.47 Å². The molecule has 1 aromatic heterocycles. The third-order valence-corrected chi connectivity index (χ3v) is 5.16. The van der Waals surface area contributed by atoms with Crippen LogP contribution in [-0.2, 0) is 14.2 Å². The Morgan fingerprint density at radius 2 is 1.55 bits per heavy atom. The highest BCUT2D eigenvalue weighted by atomic mass is 16.6. The van der Waals surface area contributed by atoms with E-state index in [2.05, 4.69) is 0 Å². The van der Waals surface area contributed by atoms with Crippen LogP contribution >= 0.6 is 0 Å². The molecule has 1 amide bonds. The quantitative estimate of drug-likeness (QED) is 0.489. The SMILES string of the molecule is COC(=O)c1ccc(C2CCN(C(=O)OC(C)(C)C)C2)c2ccn(C(=O)OC(C)(C)C)c12.O. The molecule has 2 N–H and O–H groups in total. The highest BCUT2D eigenvalue weighted by Gasteiger charge is 2.33. The Kier molecular flexibility index (Phi) is 7.48. The Morgan fingerprint density at radius 3 is 2.12 bits per heavy atom. The third kappa shape index (κ3) is 5.84. The van der Waals surface area contributed by atoms with Crippen LogP contribution in [0.3, 0.4) is 0 Å². The lowest BCUT2D eigenvalue weighted by Gasteiger charge is -2.24. The molecule has 33 heavy (non-hydrogen) atoms. The fourth-order valence-electron chi connectivity index (χ4n) is 3.88. The van der Waals surface area contributed by atoms with Crippen molar-refractivity contribution in [2.45, 2.75) is 65.1 Å². The van der Waals surface area contributed by atoms with E-state index in [0.717, 1.165) is 17.4 Å². The van der Waals surface area contributed by atoms with E-state index in [0.29, 0.717) is 18.6 Å². The molecule has 1 saturated heterocycles. The van der Waals surface area contributed by atoms with Crippen LogP contribution in [0.4, 0.5) is 9.59 Å². The molecule has 3 rings (SSSR count). The molecule has 1 fully saturated rings. The van der Waals surface area contributed by atoms with Gasteiger partial charge in [0.25, 0.3) is 0 Å². The summed E-state index contributed by atoms with van der Waals surface area (Å²) in [6.45, 7) is 12.0. The molecule has 1 aliphatic heterocycles. The number of rotatable bonds is 2. The van der Waals surface area contributed by atoms with Gasteiger partial charge in [-0.3, -0.25) is 4.57 Å². The zero-order chi connectivity index (χ0) is 23.8. The zero-order valence-electron chi connectivity index (χ0n) is 20.4. The first-order chi connectivity index (χ1) is 14.8. The summed E-state index contributed by atoms with van der Waals surface area (Å²) in [5.74, 6) is -0.488. The molecular formula is C24H34N2O7. The number of hydrogen-bond donors (Lipinski definition) is 0. The lowest BCUT2D eigenvalue weighted by Crippen LogP contribution is -2.35. The molecule has 1 aliphatic rings. The van der Waals surface area contributed by atoms with Gasteiger partial charge in [0.2, 0.25) is 0 Å². The number of amides is 1. The first-order valence-electron chi connectivity index (χ1n) is 10.7. The number of hydrogen-bond acceptors (Lipinski definition) is 6. The lowest BCUT2D eigenvalue weighted by atomic mass is 9.93. The first-order valence-corrected chi connectivity index (χ1v) is 10.7. The molecule has 9 nitrogen and oxygen atoms in total. The van der Waals surface area contributed by atoms with Crippen molar-refractivity contribution in [3.63, 3.8) is 0 Å². The van der Waals surface area contributed by atoms with Gasteiger partial charge in [-0.15, -0.1) is 0 Å². The van der Waals surface area contributed by atoms with Gasteiger partial charge in [0.15, 0.2) is 0 Å². The van der Waals surface area contributed by atoms with Gasteiger partial charge in [0.1, 0.15) is 11.2 Å². The minimum atomic E-state index is -0.684. The number of methoxy groups -OCH3 is 1. The fraction of sp³-hybridized carbons (Fsp3) is 0.542. The van der Waals surface area contributed by atoms with E-state index in [1.165, 1.54) is 11.7 Å². The summed E-state index contributed by atoms with van der Waals surface area (Å²) < 4.78 is 17.3. The van der Waals surface area contributed by atoms with Crippen LogP contribution in [0.25, 0.3) is 10.9 Å². The summed E-state index contributed by atoms with van der Waals surface area (Å²) in [7, 11) is 1.30. The van der Waals surface area contributed by atoms with E-state index in [4.69, 9.17) is 14.2 Å². The monoisotopic (exact) mass is 462 g/mol. The maximum atomic E-state index is 12.8. The van der Waals surface area contributed by atoms with Crippen LogP contribution in [0.1, 0.15) is 69.8 Å². The maximum Gasteiger partial charge on any atom is 0.419 e. The van der Waals surface area contributed by atoms with Gasteiger partial charge in [-0.1, -0.05) is 6.07 Å². The van der Waals surface area contributed by atoms with Gasteiger partial charge >= 0.3 is 18.2 Å². The smallest absolute Gasteiger partial charge is 0.419 e. The second kappa shape index (κ2) is 9.43. The van der Waals surface area contributed by atoms with Crippen molar-refractivity contribution < 1.29 is 34.1 Å². The number of carbonyl (C=O) groups is 3. The van der Waals surface area contributed by atoms with Crippen molar-refractivity contribution in [2.24, 2.45) is 0 Å². The Morgan fingerprint density at radius 1 is 0.939 bits per heavy atom. The lowest BCUT2D eigenvalue weighted by molar-refractivity contribution is 0.0292. The van der Waals surface area contributed by atoms with Crippen molar-refractivity contribution >= 4 is 29.1 Å². The molecule has 0 aliphatic carbocycles. The number of ether oxygens (including phenoxy) is 3. The van der Waals surface area contributed by atoms with Crippen molar-refractivity contribution in [1.29, 1.82) is 0 Å². The van der Waals surface area contributed by atoms with Crippen molar-refractivity contribution in [3.8, 4) is 0 Å². The molecule has 2 aromatic rings. The minimum absolute atomic E-state index is 0. The number of nitrogens with zero attached hydrogens (tertiary/aromatic N) is 2. The number of aromatic nitrogens is 1. The fourth-order valence-corrected chi connectivity index (χ4v) is 3.88. The molecule has 2 heterocycles.